The second kappa shape index (κ2) is 8.68. The van der Waals surface area contributed by atoms with Crippen LogP contribution in [-0.2, 0) is 9.47 Å². The van der Waals surface area contributed by atoms with Gasteiger partial charge in [-0.2, -0.15) is 0 Å². The van der Waals surface area contributed by atoms with Crippen molar-refractivity contribution in [3.8, 4) is 0 Å². The first kappa shape index (κ1) is 16.6. The minimum atomic E-state index is -0.289. The van der Waals surface area contributed by atoms with Crippen molar-refractivity contribution in [2.45, 2.75) is 26.2 Å². The molecule has 0 bridgehead atoms. The van der Waals surface area contributed by atoms with Crippen LogP contribution in [0.3, 0.4) is 0 Å². The fraction of sp³-hybridized carbons (Fsp3) is 0.533. The Bertz CT molecular complexity index is 402. The summed E-state index contributed by atoms with van der Waals surface area (Å²) < 4.78 is 10.3. The average Bonchev–Trinajstić information content (AvgIpc) is 2.45. The van der Waals surface area contributed by atoms with Gasteiger partial charge < -0.3 is 20.1 Å². The van der Waals surface area contributed by atoms with Gasteiger partial charge in [-0.15, -0.1) is 0 Å². The predicted molar refractivity (Wildman–Crippen MR) is 78.8 cm³/mol. The zero-order valence-electron chi connectivity index (χ0n) is 12.6. The number of hydrogen-bond acceptors (Lipinski definition) is 4. The maximum absolute atomic E-state index is 11.9. The number of benzene rings is 1. The number of carbonyl (C=O) groups excluding carboxylic acids is 1. The molecule has 1 aromatic carbocycles. The lowest BCUT2D eigenvalue weighted by Gasteiger charge is -2.22. The van der Waals surface area contributed by atoms with Gasteiger partial charge in [-0.1, -0.05) is 17.7 Å². The van der Waals surface area contributed by atoms with Gasteiger partial charge in [0, 0.05) is 32.9 Å². The Morgan fingerprint density at radius 1 is 1.15 bits per heavy atom. The minimum Gasteiger partial charge on any atom is -0.354 e. The van der Waals surface area contributed by atoms with Crippen molar-refractivity contribution in [1.82, 2.24) is 10.6 Å². The number of amides is 1. The minimum absolute atomic E-state index is 0.0567. The highest BCUT2D eigenvalue weighted by molar-refractivity contribution is 5.94. The van der Waals surface area contributed by atoms with Crippen LogP contribution in [0.2, 0.25) is 0 Å². The largest absolute Gasteiger partial charge is 0.354 e. The molecule has 0 radical (unpaired) electrons. The lowest BCUT2D eigenvalue weighted by molar-refractivity contribution is -0.119. The normalized spacial score (nSPS) is 12.4. The number of ether oxygens (including phenoxy) is 2. The first-order valence-corrected chi connectivity index (χ1v) is 6.72. The molecule has 0 saturated carbocycles. The van der Waals surface area contributed by atoms with Crippen molar-refractivity contribution in [3.63, 3.8) is 0 Å². The zero-order valence-corrected chi connectivity index (χ0v) is 12.6. The SMILES string of the molecule is COC(OC)C(C)NCCNC(=O)c1ccc(C)cc1. The van der Waals surface area contributed by atoms with Crippen molar-refractivity contribution in [3.05, 3.63) is 35.4 Å². The summed E-state index contributed by atoms with van der Waals surface area (Å²) in [6.07, 6.45) is -0.289. The number of carbonyl (C=O) groups is 1. The number of aryl methyl sites for hydroxylation is 1. The molecule has 0 aliphatic rings. The molecular weight excluding hydrogens is 256 g/mol. The standard InChI is InChI=1S/C15H24N2O3/c1-11-5-7-13(8-6-11)14(18)17-10-9-16-12(2)15(19-3)20-4/h5-8,12,15-16H,9-10H2,1-4H3,(H,17,18). The molecule has 0 aliphatic carbocycles. The van der Waals surface area contributed by atoms with Crippen LogP contribution in [0.4, 0.5) is 0 Å². The lowest BCUT2D eigenvalue weighted by Crippen LogP contribution is -2.43. The topological polar surface area (TPSA) is 59.6 Å². The maximum Gasteiger partial charge on any atom is 0.251 e. The third-order valence-corrected chi connectivity index (χ3v) is 3.06. The van der Waals surface area contributed by atoms with Crippen LogP contribution in [0, 0.1) is 6.92 Å². The molecule has 20 heavy (non-hydrogen) atoms. The Morgan fingerprint density at radius 3 is 2.30 bits per heavy atom. The van der Waals surface area contributed by atoms with Crippen LogP contribution >= 0.6 is 0 Å². The van der Waals surface area contributed by atoms with Crippen LogP contribution in [0.15, 0.2) is 24.3 Å². The number of methoxy groups -OCH3 is 2. The Morgan fingerprint density at radius 2 is 1.75 bits per heavy atom. The molecule has 0 fully saturated rings. The molecule has 1 atom stereocenters. The van der Waals surface area contributed by atoms with Gasteiger partial charge in [-0.25, -0.2) is 0 Å². The molecular formula is C15H24N2O3. The van der Waals surface area contributed by atoms with E-state index in [1.165, 1.54) is 0 Å². The van der Waals surface area contributed by atoms with Gasteiger partial charge in [-0.3, -0.25) is 4.79 Å². The van der Waals surface area contributed by atoms with Gasteiger partial charge >= 0.3 is 0 Å². The third kappa shape index (κ3) is 5.28. The smallest absolute Gasteiger partial charge is 0.251 e. The highest BCUT2D eigenvalue weighted by Gasteiger charge is 2.14. The van der Waals surface area contributed by atoms with Crippen molar-refractivity contribution in [2.24, 2.45) is 0 Å². The Hall–Kier alpha value is -1.43. The van der Waals surface area contributed by atoms with Crippen LogP contribution in [0.5, 0.6) is 0 Å². The summed E-state index contributed by atoms with van der Waals surface area (Å²) in [5, 5.41) is 6.10. The van der Waals surface area contributed by atoms with Gasteiger partial charge in [0.2, 0.25) is 0 Å². The third-order valence-electron chi connectivity index (χ3n) is 3.06. The van der Waals surface area contributed by atoms with Crippen molar-refractivity contribution in [1.29, 1.82) is 0 Å². The van der Waals surface area contributed by atoms with E-state index in [2.05, 4.69) is 10.6 Å². The van der Waals surface area contributed by atoms with Gasteiger partial charge in [-0.05, 0) is 26.0 Å². The second-order valence-corrected chi connectivity index (χ2v) is 4.70. The van der Waals surface area contributed by atoms with Gasteiger partial charge in [0.1, 0.15) is 0 Å². The van der Waals surface area contributed by atoms with E-state index in [4.69, 9.17) is 9.47 Å². The predicted octanol–water partition coefficient (Wildman–Crippen LogP) is 1.32. The van der Waals surface area contributed by atoms with Crippen LogP contribution < -0.4 is 10.6 Å². The second-order valence-electron chi connectivity index (χ2n) is 4.70. The summed E-state index contributed by atoms with van der Waals surface area (Å²) in [5.41, 5.74) is 1.82. The Labute approximate surface area is 120 Å². The van der Waals surface area contributed by atoms with E-state index in [-0.39, 0.29) is 18.2 Å². The van der Waals surface area contributed by atoms with Gasteiger partial charge in [0.05, 0.1) is 6.04 Å². The number of hydrogen-bond donors (Lipinski definition) is 2. The van der Waals surface area contributed by atoms with E-state index in [9.17, 15) is 4.79 Å². The molecule has 0 aromatic heterocycles. The summed E-state index contributed by atoms with van der Waals surface area (Å²) in [6, 6.07) is 7.56. The molecule has 5 nitrogen and oxygen atoms in total. The Kier molecular flexibility index (Phi) is 7.22. The van der Waals surface area contributed by atoms with Gasteiger partial charge in [0.25, 0.3) is 5.91 Å². The molecule has 2 N–H and O–H groups in total. The molecule has 1 aromatic rings. The first-order valence-electron chi connectivity index (χ1n) is 6.72. The maximum atomic E-state index is 11.9. The monoisotopic (exact) mass is 280 g/mol. The molecule has 0 saturated heterocycles. The Balaban J connectivity index is 2.27. The van der Waals surface area contributed by atoms with Crippen LogP contribution in [-0.4, -0.2) is 45.5 Å². The van der Waals surface area contributed by atoms with E-state index in [1.807, 2.05) is 38.1 Å². The first-order chi connectivity index (χ1) is 9.58. The molecule has 0 heterocycles. The summed E-state index contributed by atoms with van der Waals surface area (Å²) in [5.74, 6) is -0.0607. The molecule has 0 spiro atoms. The molecule has 1 amide bonds. The molecule has 112 valence electrons. The van der Waals surface area contributed by atoms with Crippen molar-refractivity contribution < 1.29 is 14.3 Å². The molecule has 1 unspecified atom stereocenters. The highest BCUT2D eigenvalue weighted by Crippen LogP contribution is 2.02. The van der Waals surface area contributed by atoms with E-state index in [1.54, 1.807) is 14.2 Å². The van der Waals surface area contributed by atoms with Crippen LogP contribution in [0.1, 0.15) is 22.8 Å². The van der Waals surface area contributed by atoms with E-state index in [0.717, 1.165) is 5.56 Å². The lowest BCUT2D eigenvalue weighted by atomic mass is 10.1. The van der Waals surface area contributed by atoms with E-state index >= 15 is 0 Å². The molecule has 5 heteroatoms. The zero-order chi connectivity index (χ0) is 15.0. The summed E-state index contributed by atoms with van der Waals surface area (Å²) in [6.45, 7) is 5.17. The van der Waals surface area contributed by atoms with Gasteiger partial charge in [0.15, 0.2) is 6.29 Å². The van der Waals surface area contributed by atoms with Crippen LogP contribution in [0.25, 0.3) is 0 Å². The summed E-state index contributed by atoms with van der Waals surface area (Å²) in [4.78, 5) is 11.9. The van der Waals surface area contributed by atoms with E-state index < -0.39 is 0 Å². The highest BCUT2D eigenvalue weighted by atomic mass is 16.7. The summed E-state index contributed by atoms with van der Waals surface area (Å²) >= 11 is 0. The molecule has 1 rings (SSSR count). The summed E-state index contributed by atoms with van der Waals surface area (Å²) in [7, 11) is 3.21. The number of nitrogens with one attached hydrogen (secondary N) is 2. The number of rotatable bonds is 8. The van der Waals surface area contributed by atoms with E-state index in [0.29, 0.717) is 18.7 Å². The van der Waals surface area contributed by atoms with Crippen molar-refractivity contribution >= 4 is 5.91 Å². The fourth-order valence-corrected chi connectivity index (χ4v) is 1.88. The van der Waals surface area contributed by atoms with Crippen molar-refractivity contribution in [2.75, 3.05) is 27.3 Å². The average molecular weight is 280 g/mol. The fourth-order valence-electron chi connectivity index (χ4n) is 1.88. The molecule has 0 aliphatic heterocycles. The quantitative estimate of drug-likeness (QED) is 0.557.